The van der Waals surface area contributed by atoms with Gasteiger partial charge in [0, 0.05) is 10.7 Å². The van der Waals surface area contributed by atoms with Crippen LogP contribution in [-0.4, -0.2) is 9.97 Å². The van der Waals surface area contributed by atoms with Gasteiger partial charge < -0.3 is 9.97 Å². The first-order valence-electron chi connectivity index (χ1n) is 5.16. The van der Waals surface area contributed by atoms with Crippen molar-refractivity contribution in [2.75, 3.05) is 0 Å². The van der Waals surface area contributed by atoms with Crippen molar-refractivity contribution < 1.29 is 0 Å². The molecule has 2 aromatic rings. The summed E-state index contributed by atoms with van der Waals surface area (Å²) in [5.41, 5.74) is 2.56. The first-order chi connectivity index (χ1) is 7.58. The number of rotatable bonds is 2. The van der Waals surface area contributed by atoms with Crippen LogP contribution in [0.5, 0.6) is 0 Å². The summed E-state index contributed by atoms with van der Waals surface area (Å²) < 4.78 is 0. The van der Waals surface area contributed by atoms with Crippen molar-refractivity contribution in [3.63, 3.8) is 0 Å². The van der Waals surface area contributed by atoms with Gasteiger partial charge in [-0.05, 0) is 23.6 Å². The number of aromatic nitrogens is 2. The van der Waals surface area contributed by atoms with Crippen molar-refractivity contribution in [1.29, 1.82) is 0 Å². The Kier molecular flexibility index (Phi) is 2.88. The summed E-state index contributed by atoms with van der Waals surface area (Å²) in [4.78, 5) is 16.9. The lowest BCUT2D eigenvalue weighted by atomic mass is 10.0. The van der Waals surface area contributed by atoms with E-state index in [2.05, 4.69) is 9.97 Å². The molecule has 0 amide bonds. The molecule has 0 aliphatic heterocycles. The molecule has 0 radical (unpaired) electrons. The van der Waals surface area contributed by atoms with E-state index in [1.54, 1.807) is 0 Å². The Balaban J connectivity index is 2.55. The molecular formula is C12H13ClN2O. The fourth-order valence-electron chi connectivity index (χ4n) is 1.67. The molecular weight excluding hydrogens is 224 g/mol. The molecule has 0 bridgehead atoms. The van der Waals surface area contributed by atoms with Crippen LogP contribution in [0.25, 0.3) is 11.3 Å². The van der Waals surface area contributed by atoms with Gasteiger partial charge in [-0.15, -0.1) is 0 Å². The summed E-state index contributed by atoms with van der Waals surface area (Å²) in [5.74, 6) is 0.268. The Morgan fingerprint density at radius 2 is 1.75 bits per heavy atom. The van der Waals surface area contributed by atoms with E-state index < -0.39 is 0 Å². The van der Waals surface area contributed by atoms with Crippen LogP contribution < -0.4 is 5.69 Å². The summed E-state index contributed by atoms with van der Waals surface area (Å²) in [5, 5.41) is 0.688. The van der Waals surface area contributed by atoms with Crippen molar-refractivity contribution in [1.82, 2.24) is 9.97 Å². The van der Waals surface area contributed by atoms with Gasteiger partial charge in [0.25, 0.3) is 0 Å². The third-order valence-electron chi connectivity index (χ3n) is 2.47. The molecule has 2 rings (SSSR count). The van der Waals surface area contributed by atoms with E-state index in [0.717, 1.165) is 17.0 Å². The molecule has 0 saturated heterocycles. The van der Waals surface area contributed by atoms with E-state index >= 15 is 0 Å². The summed E-state index contributed by atoms with van der Waals surface area (Å²) in [6.07, 6.45) is 0. The van der Waals surface area contributed by atoms with Crippen LogP contribution in [-0.2, 0) is 0 Å². The quantitative estimate of drug-likeness (QED) is 0.827. The Labute approximate surface area is 98.5 Å². The van der Waals surface area contributed by atoms with Crippen LogP contribution in [0.3, 0.4) is 0 Å². The maximum Gasteiger partial charge on any atom is 0.323 e. The Morgan fingerprint density at radius 1 is 1.12 bits per heavy atom. The molecule has 0 spiro atoms. The third kappa shape index (κ3) is 2.04. The van der Waals surface area contributed by atoms with Crippen LogP contribution in [0.2, 0.25) is 5.02 Å². The maximum absolute atomic E-state index is 11.3. The largest absolute Gasteiger partial charge is 0.323 e. The number of hydrogen-bond acceptors (Lipinski definition) is 1. The lowest BCUT2D eigenvalue weighted by Crippen LogP contribution is -2.01. The fourth-order valence-corrected chi connectivity index (χ4v) is 1.80. The summed E-state index contributed by atoms with van der Waals surface area (Å²) in [6.45, 7) is 4.08. The van der Waals surface area contributed by atoms with Crippen molar-refractivity contribution in [2.45, 2.75) is 19.8 Å². The van der Waals surface area contributed by atoms with E-state index in [9.17, 15) is 4.79 Å². The number of halogens is 1. The molecule has 1 heterocycles. The summed E-state index contributed by atoms with van der Waals surface area (Å²) >= 11 is 5.83. The Hall–Kier alpha value is -1.48. The van der Waals surface area contributed by atoms with Crippen LogP contribution in [0, 0.1) is 0 Å². The molecule has 0 fully saturated rings. The van der Waals surface area contributed by atoms with Crippen LogP contribution in [0.1, 0.15) is 25.5 Å². The van der Waals surface area contributed by atoms with Crippen LogP contribution in [0.15, 0.2) is 29.1 Å². The molecule has 1 aromatic heterocycles. The van der Waals surface area contributed by atoms with Gasteiger partial charge in [0.15, 0.2) is 0 Å². The van der Waals surface area contributed by atoms with Crippen molar-refractivity contribution in [3.8, 4) is 11.3 Å². The molecule has 84 valence electrons. The highest BCUT2D eigenvalue weighted by Gasteiger charge is 2.12. The molecule has 0 unspecified atom stereocenters. The SMILES string of the molecule is CC(C)c1[nH]c(=O)[nH]c1-c1ccc(Cl)cc1. The van der Waals surface area contributed by atoms with Crippen molar-refractivity contribution >= 4 is 11.6 Å². The molecule has 1 aromatic carbocycles. The predicted molar refractivity (Wildman–Crippen MR) is 65.9 cm³/mol. The van der Waals surface area contributed by atoms with E-state index in [-0.39, 0.29) is 11.6 Å². The van der Waals surface area contributed by atoms with Gasteiger partial charge in [0.2, 0.25) is 0 Å². The number of aromatic amines is 2. The molecule has 16 heavy (non-hydrogen) atoms. The molecule has 0 saturated carbocycles. The van der Waals surface area contributed by atoms with Crippen LogP contribution >= 0.6 is 11.6 Å². The Morgan fingerprint density at radius 3 is 2.31 bits per heavy atom. The first kappa shape index (κ1) is 11.0. The minimum atomic E-state index is -0.173. The summed E-state index contributed by atoms with van der Waals surface area (Å²) in [7, 11) is 0. The zero-order valence-corrected chi connectivity index (χ0v) is 9.93. The first-order valence-corrected chi connectivity index (χ1v) is 5.54. The molecule has 4 heteroatoms. The summed E-state index contributed by atoms with van der Waals surface area (Å²) in [6, 6.07) is 7.42. The van der Waals surface area contributed by atoms with Gasteiger partial charge in [-0.1, -0.05) is 37.6 Å². The highest BCUT2D eigenvalue weighted by atomic mass is 35.5. The number of benzene rings is 1. The molecule has 3 nitrogen and oxygen atoms in total. The average Bonchev–Trinajstić information content (AvgIpc) is 2.61. The highest BCUT2D eigenvalue weighted by Crippen LogP contribution is 2.25. The van der Waals surface area contributed by atoms with E-state index in [4.69, 9.17) is 11.6 Å². The molecule has 0 aliphatic rings. The number of H-pyrrole nitrogens is 2. The van der Waals surface area contributed by atoms with Crippen molar-refractivity contribution in [2.24, 2.45) is 0 Å². The van der Waals surface area contributed by atoms with E-state index in [0.29, 0.717) is 5.02 Å². The lowest BCUT2D eigenvalue weighted by Gasteiger charge is -2.06. The molecule has 0 aliphatic carbocycles. The number of nitrogens with one attached hydrogen (secondary N) is 2. The number of imidazole rings is 1. The van der Waals surface area contributed by atoms with Gasteiger partial charge >= 0.3 is 5.69 Å². The molecule has 0 atom stereocenters. The zero-order chi connectivity index (χ0) is 11.7. The Bertz CT molecular complexity index is 537. The average molecular weight is 237 g/mol. The second-order valence-electron chi connectivity index (χ2n) is 4.03. The van der Waals surface area contributed by atoms with Gasteiger partial charge in [-0.25, -0.2) is 4.79 Å². The standard InChI is InChI=1S/C12H13ClN2O/c1-7(2)10-11(15-12(16)14-10)8-3-5-9(13)6-4-8/h3-7H,1-2H3,(H2,14,15,16). The normalized spacial score (nSPS) is 11.0. The number of hydrogen-bond donors (Lipinski definition) is 2. The predicted octanol–water partition coefficient (Wildman–Crippen LogP) is 3.15. The van der Waals surface area contributed by atoms with Gasteiger partial charge in [-0.2, -0.15) is 0 Å². The minimum Gasteiger partial charge on any atom is -0.309 e. The van der Waals surface area contributed by atoms with E-state index in [1.807, 2.05) is 38.1 Å². The van der Waals surface area contributed by atoms with Gasteiger partial charge in [-0.3, -0.25) is 0 Å². The highest BCUT2D eigenvalue weighted by molar-refractivity contribution is 6.30. The maximum atomic E-state index is 11.3. The molecule has 2 N–H and O–H groups in total. The fraction of sp³-hybridized carbons (Fsp3) is 0.250. The topological polar surface area (TPSA) is 48.6 Å². The van der Waals surface area contributed by atoms with E-state index in [1.165, 1.54) is 0 Å². The third-order valence-corrected chi connectivity index (χ3v) is 2.72. The van der Waals surface area contributed by atoms with Gasteiger partial charge in [0.05, 0.1) is 5.69 Å². The monoisotopic (exact) mass is 236 g/mol. The zero-order valence-electron chi connectivity index (χ0n) is 9.17. The second kappa shape index (κ2) is 4.18. The smallest absolute Gasteiger partial charge is 0.309 e. The van der Waals surface area contributed by atoms with Gasteiger partial charge in [0.1, 0.15) is 0 Å². The van der Waals surface area contributed by atoms with Crippen molar-refractivity contribution in [3.05, 3.63) is 45.5 Å². The van der Waals surface area contributed by atoms with Crippen LogP contribution in [0.4, 0.5) is 0 Å². The minimum absolute atomic E-state index is 0.173. The second-order valence-corrected chi connectivity index (χ2v) is 4.47. The lowest BCUT2D eigenvalue weighted by molar-refractivity contribution is 0.831.